The lowest BCUT2D eigenvalue weighted by molar-refractivity contribution is 0.471. The number of aromatic nitrogens is 1. The normalized spacial score (nSPS) is 23.3. The summed E-state index contributed by atoms with van der Waals surface area (Å²) in [5, 5.41) is 5.04. The van der Waals surface area contributed by atoms with E-state index < -0.39 is 0 Å². The molecule has 1 saturated carbocycles. The highest BCUT2D eigenvalue weighted by molar-refractivity contribution is 5.83. The molecule has 1 heterocycles. The molecule has 2 heteroatoms. The molecular formula is C17H24N2. The third-order valence-electron chi connectivity index (χ3n) is 4.53. The van der Waals surface area contributed by atoms with Crippen LogP contribution >= 0.6 is 0 Å². The summed E-state index contributed by atoms with van der Waals surface area (Å²) in [5.41, 5.74) is 2.75. The van der Waals surface area contributed by atoms with Gasteiger partial charge in [-0.3, -0.25) is 0 Å². The number of rotatable bonds is 4. The molecule has 0 radical (unpaired) electrons. The number of hydrogen-bond acceptors (Lipinski definition) is 1. The van der Waals surface area contributed by atoms with Crippen LogP contribution in [0.5, 0.6) is 0 Å². The molecule has 2 atom stereocenters. The van der Waals surface area contributed by atoms with Crippen molar-refractivity contribution in [3.8, 4) is 0 Å². The van der Waals surface area contributed by atoms with Crippen LogP contribution in [-0.4, -0.2) is 11.1 Å². The maximum atomic E-state index is 3.66. The van der Waals surface area contributed by atoms with E-state index in [-0.39, 0.29) is 0 Å². The number of aryl methyl sites for hydroxylation is 1. The average Bonchev–Trinajstić information content (AvgIpc) is 2.96. The Morgan fingerprint density at radius 1 is 1.26 bits per heavy atom. The van der Waals surface area contributed by atoms with Gasteiger partial charge in [0.15, 0.2) is 0 Å². The molecule has 2 unspecified atom stereocenters. The largest absolute Gasteiger partial charge is 0.350 e. The molecule has 1 N–H and O–H groups in total. The molecule has 0 aliphatic heterocycles. The van der Waals surface area contributed by atoms with Crippen LogP contribution in [0, 0.1) is 11.8 Å². The number of benzene rings is 1. The van der Waals surface area contributed by atoms with Crippen LogP contribution < -0.4 is 5.32 Å². The molecular weight excluding hydrogens is 232 g/mol. The third-order valence-corrected chi connectivity index (χ3v) is 4.53. The number of nitrogens with zero attached hydrogens (tertiary/aromatic N) is 1. The van der Waals surface area contributed by atoms with E-state index in [0.29, 0.717) is 0 Å². The van der Waals surface area contributed by atoms with Crippen LogP contribution in [0.4, 0.5) is 0 Å². The molecule has 0 bridgehead atoms. The van der Waals surface area contributed by atoms with Crippen molar-refractivity contribution in [2.75, 3.05) is 6.54 Å². The standard InChI is InChI=1S/C17H24N2/c1-13-7-8-14(9-13)10-18-11-15-12-19(2)17-6-4-3-5-16(15)17/h3-6,12-14,18H,7-11H2,1-2H3. The van der Waals surface area contributed by atoms with E-state index >= 15 is 0 Å². The fraction of sp³-hybridized carbons (Fsp3) is 0.529. The summed E-state index contributed by atoms with van der Waals surface area (Å²) in [6.45, 7) is 4.55. The molecule has 102 valence electrons. The highest BCUT2D eigenvalue weighted by atomic mass is 14.9. The van der Waals surface area contributed by atoms with Crippen molar-refractivity contribution in [3.05, 3.63) is 36.0 Å². The Bertz CT molecular complexity index is 555. The Morgan fingerprint density at radius 2 is 2.11 bits per heavy atom. The molecule has 1 fully saturated rings. The smallest absolute Gasteiger partial charge is 0.0481 e. The molecule has 1 aromatic carbocycles. The van der Waals surface area contributed by atoms with E-state index in [4.69, 9.17) is 0 Å². The van der Waals surface area contributed by atoms with Gasteiger partial charge in [0.25, 0.3) is 0 Å². The zero-order valence-electron chi connectivity index (χ0n) is 12.0. The van der Waals surface area contributed by atoms with Crippen molar-refractivity contribution in [2.24, 2.45) is 18.9 Å². The van der Waals surface area contributed by atoms with Crippen molar-refractivity contribution in [1.82, 2.24) is 9.88 Å². The predicted octanol–water partition coefficient (Wildman–Crippen LogP) is 3.70. The van der Waals surface area contributed by atoms with Gasteiger partial charge in [0, 0.05) is 30.7 Å². The van der Waals surface area contributed by atoms with E-state index in [9.17, 15) is 0 Å². The predicted molar refractivity (Wildman–Crippen MR) is 81.1 cm³/mol. The Morgan fingerprint density at radius 3 is 2.89 bits per heavy atom. The van der Waals surface area contributed by atoms with E-state index in [1.165, 1.54) is 42.3 Å². The van der Waals surface area contributed by atoms with Gasteiger partial charge in [-0.15, -0.1) is 0 Å². The molecule has 1 aliphatic carbocycles. The second kappa shape index (κ2) is 5.38. The molecule has 1 aliphatic rings. The minimum atomic E-state index is 0.893. The quantitative estimate of drug-likeness (QED) is 0.882. The average molecular weight is 256 g/mol. The molecule has 0 saturated heterocycles. The van der Waals surface area contributed by atoms with E-state index in [1.54, 1.807) is 0 Å². The maximum absolute atomic E-state index is 3.66. The number of hydrogen-bond donors (Lipinski definition) is 1. The van der Waals surface area contributed by atoms with Crippen molar-refractivity contribution in [2.45, 2.75) is 32.7 Å². The number of para-hydroxylation sites is 1. The summed E-state index contributed by atoms with van der Waals surface area (Å²) < 4.78 is 2.23. The second-order valence-electron chi connectivity index (χ2n) is 6.20. The molecule has 19 heavy (non-hydrogen) atoms. The molecule has 0 spiro atoms. The second-order valence-corrected chi connectivity index (χ2v) is 6.20. The third kappa shape index (κ3) is 2.69. The van der Waals surface area contributed by atoms with Crippen molar-refractivity contribution >= 4 is 10.9 Å². The van der Waals surface area contributed by atoms with Gasteiger partial charge in [-0.25, -0.2) is 0 Å². The zero-order valence-corrected chi connectivity index (χ0v) is 12.0. The van der Waals surface area contributed by atoms with Gasteiger partial charge in [-0.1, -0.05) is 31.5 Å². The lowest BCUT2D eigenvalue weighted by atomic mass is 10.1. The Hall–Kier alpha value is -1.28. The fourth-order valence-corrected chi connectivity index (χ4v) is 3.49. The molecule has 2 nitrogen and oxygen atoms in total. The van der Waals surface area contributed by atoms with Gasteiger partial charge < -0.3 is 9.88 Å². The summed E-state index contributed by atoms with van der Waals surface area (Å²) in [6.07, 6.45) is 6.49. The monoisotopic (exact) mass is 256 g/mol. The van der Waals surface area contributed by atoms with Gasteiger partial charge in [0.05, 0.1) is 0 Å². The van der Waals surface area contributed by atoms with Crippen LogP contribution in [0.2, 0.25) is 0 Å². The lowest BCUT2D eigenvalue weighted by Crippen LogP contribution is -2.20. The first-order valence-electron chi connectivity index (χ1n) is 7.47. The Balaban J connectivity index is 1.62. The highest BCUT2D eigenvalue weighted by Gasteiger charge is 2.20. The highest BCUT2D eigenvalue weighted by Crippen LogP contribution is 2.29. The summed E-state index contributed by atoms with van der Waals surface area (Å²) in [7, 11) is 2.13. The number of nitrogens with one attached hydrogen (secondary N) is 1. The first-order chi connectivity index (χ1) is 9.24. The Kier molecular flexibility index (Phi) is 3.61. The van der Waals surface area contributed by atoms with Crippen LogP contribution in [-0.2, 0) is 13.6 Å². The minimum absolute atomic E-state index is 0.893. The fourth-order valence-electron chi connectivity index (χ4n) is 3.49. The van der Waals surface area contributed by atoms with Gasteiger partial charge in [0.2, 0.25) is 0 Å². The van der Waals surface area contributed by atoms with Gasteiger partial charge >= 0.3 is 0 Å². The summed E-state index contributed by atoms with van der Waals surface area (Å²) in [4.78, 5) is 0. The van der Waals surface area contributed by atoms with Gasteiger partial charge in [0.1, 0.15) is 0 Å². The van der Waals surface area contributed by atoms with Crippen molar-refractivity contribution in [3.63, 3.8) is 0 Å². The molecule has 0 amide bonds. The zero-order chi connectivity index (χ0) is 13.2. The van der Waals surface area contributed by atoms with Crippen LogP contribution in [0.15, 0.2) is 30.5 Å². The van der Waals surface area contributed by atoms with Crippen molar-refractivity contribution < 1.29 is 0 Å². The topological polar surface area (TPSA) is 17.0 Å². The lowest BCUT2D eigenvalue weighted by Gasteiger charge is -2.10. The SMILES string of the molecule is CC1CCC(CNCc2cn(C)c3ccccc23)C1. The van der Waals surface area contributed by atoms with Crippen molar-refractivity contribution in [1.29, 1.82) is 0 Å². The number of fused-ring (bicyclic) bond motifs is 1. The molecule has 1 aromatic heterocycles. The van der Waals surface area contributed by atoms with Crippen LogP contribution in [0.1, 0.15) is 31.7 Å². The molecule has 2 aromatic rings. The maximum Gasteiger partial charge on any atom is 0.0481 e. The van der Waals surface area contributed by atoms with E-state index in [1.807, 2.05) is 0 Å². The van der Waals surface area contributed by atoms with Crippen LogP contribution in [0.3, 0.4) is 0 Å². The van der Waals surface area contributed by atoms with Crippen LogP contribution in [0.25, 0.3) is 10.9 Å². The molecule has 3 rings (SSSR count). The first-order valence-corrected chi connectivity index (χ1v) is 7.47. The summed E-state index contributed by atoms with van der Waals surface area (Å²) >= 11 is 0. The van der Waals surface area contributed by atoms with Gasteiger partial charge in [-0.05, 0) is 42.9 Å². The summed E-state index contributed by atoms with van der Waals surface area (Å²) in [5.74, 6) is 1.83. The van der Waals surface area contributed by atoms with Gasteiger partial charge in [-0.2, -0.15) is 0 Å². The van der Waals surface area contributed by atoms with E-state index in [2.05, 4.69) is 54.3 Å². The first kappa shape index (κ1) is 12.7. The Labute approximate surface area is 115 Å². The minimum Gasteiger partial charge on any atom is -0.350 e. The summed E-state index contributed by atoms with van der Waals surface area (Å²) in [6, 6.07) is 8.66. The van der Waals surface area contributed by atoms with E-state index in [0.717, 1.165) is 18.4 Å².